The van der Waals surface area contributed by atoms with Crippen LogP contribution in [0.15, 0.2) is 64.6 Å². The van der Waals surface area contributed by atoms with E-state index in [-0.39, 0.29) is 5.56 Å². The zero-order chi connectivity index (χ0) is 17.3. The number of benzene rings is 2. The summed E-state index contributed by atoms with van der Waals surface area (Å²) in [6.45, 7) is 7.95. The Morgan fingerprint density at radius 1 is 1.25 bits per heavy atom. The Kier molecular flexibility index (Phi) is 5.10. The lowest BCUT2D eigenvalue weighted by molar-refractivity contribution is 0.820. The number of rotatable bonds is 4. The van der Waals surface area contributed by atoms with E-state index in [4.69, 9.17) is 4.98 Å². The molecular formula is C19H17IN2OS. The third-order valence-corrected chi connectivity index (χ3v) is 5.38. The molecule has 0 radical (unpaired) electrons. The van der Waals surface area contributed by atoms with Gasteiger partial charge in [0.05, 0.1) is 16.6 Å². The summed E-state index contributed by atoms with van der Waals surface area (Å²) in [7, 11) is 0. The van der Waals surface area contributed by atoms with Gasteiger partial charge in [0.25, 0.3) is 5.56 Å². The Labute approximate surface area is 159 Å². The molecule has 2 aromatic carbocycles. The van der Waals surface area contributed by atoms with Gasteiger partial charge in [-0.1, -0.05) is 41.6 Å². The molecule has 3 nitrogen and oxygen atoms in total. The van der Waals surface area contributed by atoms with Crippen molar-refractivity contribution in [1.82, 2.24) is 9.55 Å². The predicted molar refractivity (Wildman–Crippen MR) is 110 cm³/mol. The molecule has 0 N–H and O–H groups in total. The molecule has 0 spiro atoms. The van der Waals surface area contributed by atoms with Crippen LogP contribution in [-0.2, 0) is 0 Å². The lowest BCUT2D eigenvalue weighted by Crippen LogP contribution is -2.22. The van der Waals surface area contributed by atoms with Crippen molar-refractivity contribution in [3.05, 3.63) is 74.1 Å². The van der Waals surface area contributed by atoms with Gasteiger partial charge in [-0.2, -0.15) is 0 Å². The van der Waals surface area contributed by atoms with Crippen LogP contribution < -0.4 is 5.56 Å². The minimum absolute atomic E-state index is 0.0356. The molecule has 3 aromatic rings. The molecule has 0 aliphatic heterocycles. The van der Waals surface area contributed by atoms with Gasteiger partial charge in [-0.05, 0) is 66.8 Å². The van der Waals surface area contributed by atoms with Gasteiger partial charge in [-0.25, -0.2) is 4.98 Å². The maximum absolute atomic E-state index is 13.1. The summed E-state index contributed by atoms with van der Waals surface area (Å²) < 4.78 is 2.72. The van der Waals surface area contributed by atoms with Crippen molar-refractivity contribution in [2.24, 2.45) is 0 Å². The van der Waals surface area contributed by atoms with Crippen LogP contribution in [0.4, 0.5) is 0 Å². The molecule has 1 heterocycles. The molecule has 122 valence electrons. The van der Waals surface area contributed by atoms with Gasteiger partial charge in [0.2, 0.25) is 0 Å². The van der Waals surface area contributed by atoms with Gasteiger partial charge in [0.1, 0.15) is 0 Å². The topological polar surface area (TPSA) is 34.9 Å². The number of aryl methyl sites for hydroxylation is 1. The minimum atomic E-state index is -0.0356. The van der Waals surface area contributed by atoms with Gasteiger partial charge in [-0.15, -0.1) is 0 Å². The molecule has 0 unspecified atom stereocenters. The summed E-state index contributed by atoms with van der Waals surface area (Å²) in [6, 6.07) is 13.7. The third kappa shape index (κ3) is 3.57. The Morgan fingerprint density at radius 3 is 2.62 bits per heavy atom. The zero-order valence-electron chi connectivity index (χ0n) is 13.5. The van der Waals surface area contributed by atoms with Gasteiger partial charge in [0, 0.05) is 9.32 Å². The predicted octanol–water partition coefficient (Wildman–Crippen LogP) is 4.97. The fourth-order valence-electron chi connectivity index (χ4n) is 2.34. The van der Waals surface area contributed by atoms with E-state index in [0.29, 0.717) is 10.5 Å². The molecule has 0 atom stereocenters. The number of thioether (sulfide) groups is 1. The Hall–Kier alpha value is -1.60. The highest BCUT2D eigenvalue weighted by molar-refractivity contribution is 14.1. The van der Waals surface area contributed by atoms with Gasteiger partial charge < -0.3 is 0 Å². The normalized spacial score (nSPS) is 11.0. The van der Waals surface area contributed by atoms with E-state index in [9.17, 15) is 4.79 Å². The fourth-order valence-corrected chi connectivity index (χ4v) is 3.69. The highest BCUT2D eigenvalue weighted by Gasteiger charge is 2.13. The molecule has 0 amide bonds. The van der Waals surface area contributed by atoms with Crippen molar-refractivity contribution in [3.8, 4) is 5.69 Å². The zero-order valence-corrected chi connectivity index (χ0v) is 16.5. The quantitative estimate of drug-likeness (QED) is 0.245. The lowest BCUT2D eigenvalue weighted by Gasteiger charge is -2.13. The second-order valence-corrected chi connectivity index (χ2v) is 7.97. The SMILES string of the molecule is C=C(C)CSc1nc2ccc(I)cc2c(=O)n1-c1ccc(C)cc1. The maximum Gasteiger partial charge on any atom is 0.266 e. The first kappa shape index (κ1) is 17.2. The smallest absolute Gasteiger partial charge is 0.266 e. The summed E-state index contributed by atoms with van der Waals surface area (Å²) in [4.78, 5) is 17.8. The molecule has 3 rings (SSSR count). The van der Waals surface area contributed by atoms with Crippen LogP contribution in [0.5, 0.6) is 0 Å². The van der Waals surface area contributed by atoms with Crippen LogP contribution in [0.1, 0.15) is 12.5 Å². The van der Waals surface area contributed by atoms with E-state index < -0.39 is 0 Å². The number of halogens is 1. The summed E-state index contributed by atoms with van der Waals surface area (Å²) in [5.74, 6) is 0.730. The van der Waals surface area contributed by atoms with Crippen LogP contribution in [-0.4, -0.2) is 15.3 Å². The number of nitrogens with zero attached hydrogens (tertiary/aromatic N) is 2. The molecule has 0 bridgehead atoms. The van der Waals surface area contributed by atoms with E-state index in [1.807, 2.05) is 56.3 Å². The summed E-state index contributed by atoms with van der Waals surface area (Å²) >= 11 is 3.75. The van der Waals surface area contributed by atoms with Crippen LogP contribution in [0.25, 0.3) is 16.6 Å². The Bertz CT molecular complexity index is 977. The van der Waals surface area contributed by atoms with Crippen LogP contribution >= 0.6 is 34.4 Å². The highest BCUT2D eigenvalue weighted by atomic mass is 127. The van der Waals surface area contributed by atoms with Gasteiger partial charge in [-0.3, -0.25) is 9.36 Å². The minimum Gasteiger partial charge on any atom is -0.268 e. The fraction of sp³-hybridized carbons (Fsp3) is 0.158. The molecular weight excluding hydrogens is 431 g/mol. The largest absolute Gasteiger partial charge is 0.268 e. The van der Waals surface area contributed by atoms with Crippen molar-refractivity contribution in [2.45, 2.75) is 19.0 Å². The molecule has 5 heteroatoms. The first-order valence-electron chi connectivity index (χ1n) is 7.52. The summed E-state index contributed by atoms with van der Waals surface area (Å²) in [6.07, 6.45) is 0. The van der Waals surface area contributed by atoms with E-state index in [1.165, 1.54) is 11.8 Å². The molecule has 0 saturated heterocycles. The van der Waals surface area contributed by atoms with Crippen molar-refractivity contribution in [2.75, 3.05) is 5.75 Å². The van der Waals surface area contributed by atoms with Gasteiger partial charge >= 0.3 is 0 Å². The molecule has 0 aliphatic rings. The average molecular weight is 448 g/mol. The van der Waals surface area contributed by atoms with E-state index in [1.54, 1.807) is 4.57 Å². The summed E-state index contributed by atoms with van der Waals surface area (Å²) in [5.41, 5.74) is 3.74. The van der Waals surface area contributed by atoms with Crippen molar-refractivity contribution < 1.29 is 0 Å². The third-order valence-electron chi connectivity index (χ3n) is 3.54. The first-order chi connectivity index (χ1) is 11.5. The number of hydrogen-bond donors (Lipinski definition) is 0. The second-order valence-electron chi connectivity index (χ2n) is 5.78. The lowest BCUT2D eigenvalue weighted by atomic mass is 10.2. The van der Waals surface area contributed by atoms with Crippen molar-refractivity contribution in [3.63, 3.8) is 0 Å². The van der Waals surface area contributed by atoms with E-state index in [0.717, 1.165) is 31.7 Å². The first-order valence-corrected chi connectivity index (χ1v) is 9.58. The second kappa shape index (κ2) is 7.11. The summed E-state index contributed by atoms with van der Waals surface area (Å²) in [5, 5.41) is 1.34. The van der Waals surface area contributed by atoms with Crippen LogP contribution in [0, 0.1) is 10.5 Å². The average Bonchev–Trinajstić information content (AvgIpc) is 2.55. The van der Waals surface area contributed by atoms with Crippen LogP contribution in [0.2, 0.25) is 0 Å². The van der Waals surface area contributed by atoms with Crippen LogP contribution in [0.3, 0.4) is 0 Å². The highest BCUT2D eigenvalue weighted by Crippen LogP contribution is 2.23. The molecule has 24 heavy (non-hydrogen) atoms. The Morgan fingerprint density at radius 2 is 1.96 bits per heavy atom. The molecule has 0 saturated carbocycles. The van der Waals surface area contributed by atoms with E-state index >= 15 is 0 Å². The molecule has 0 fully saturated rings. The number of fused-ring (bicyclic) bond motifs is 1. The Balaban J connectivity index is 2.27. The molecule has 1 aromatic heterocycles. The molecule has 0 aliphatic carbocycles. The number of hydrogen-bond acceptors (Lipinski definition) is 3. The number of aromatic nitrogens is 2. The standard InChI is InChI=1S/C19H17IN2OS/c1-12(2)11-24-19-21-17-9-6-14(20)10-16(17)18(23)22(19)15-7-4-13(3)5-8-15/h4-10H,1,11H2,2-3H3. The maximum atomic E-state index is 13.1. The van der Waals surface area contributed by atoms with Gasteiger partial charge in [0.15, 0.2) is 5.16 Å². The van der Waals surface area contributed by atoms with Crippen molar-refractivity contribution in [1.29, 1.82) is 0 Å². The van der Waals surface area contributed by atoms with Crippen molar-refractivity contribution >= 4 is 45.3 Å². The van der Waals surface area contributed by atoms with E-state index in [2.05, 4.69) is 29.2 Å². The monoisotopic (exact) mass is 448 g/mol.